The van der Waals surface area contributed by atoms with Crippen molar-refractivity contribution in [3.05, 3.63) is 76.4 Å². The molecule has 0 heterocycles. The lowest BCUT2D eigenvalue weighted by Crippen LogP contribution is -2.05. The number of benzene rings is 2. The maximum atomic E-state index is 11.3. The van der Waals surface area contributed by atoms with Gasteiger partial charge in [-0.1, -0.05) is 51.5 Å². The first kappa shape index (κ1) is 27.8. The SMILES string of the molecule is C=C(C)C(=O)OCCCCCCCCCCCOc1ccc(N=Cc2ccc([N+](=O)[O-])cc2)cc1. The van der Waals surface area contributed by atoms with E-state index in [1.165, 1.54) is 44.2 Å². The highest BCUT2D eigenvalue weighted by Crippen LogP contribution is 2.19. The number of esters is 1. The van der Waals surface area contributed by atoms with Crippen molar-refractivity contribution in [3.8, 4) is 5.75 Å². The molecule has 7 nitrogen and oxygen atoms in total. The lowest BCUT2D eigenvalue weighted by molar-refractivity contribution is -0.384. The van der Waals surface area contributed by atoms with Gasteiger partial charge >= 0.3 is 5.97 Å². The summed E-state index contributed by atoms with van der Waals surface area (Å²) in [6, 6.07) is 13.9. The van der Waals surface area contributed by atoms with Crippen LogP contribution >= 0.6 is 0 Å². The molecule has 0 aliphatic heterocycles. The van der Waals surface area contributed by atoms with E-state index in [1.807, 2.05) is 24.3 Å². The van der Waals surface area contributed by atoms with Crippen molar-refractivity contribution in [1.29, 1.82) is 0 Å². The van der Waals surface area contributed by atoms with Crippen LogP contribution in [0.1, 0.15) is 70.3 Å². The third kappa shape index (κ3) is 12.0. The van der Waals surface area contributed by atoms with E-state index in [9.17, 15) is 14.9 Å². The minimum absolute atomic E-state index is 0.0659. The summed E-state index contributed by atoms with van der Waals surface area (Å²) in [6.07, 6.45) is 12.0. The van der Waals surface area contributed by atoms with Crippen LogP contribution in [0, 0.1) is 10.1 Å². The summed E-state index contributed by atoms with van der Waals surface area (Å²) in [6.45, 7) is 6.42. The van der Waals surface area contributed by atoms with Crippen LogP contribution in [-0.2, 0) is 9.53 Å². The maximum Gasteiger partial charge on any atom is 0.333 e. The topological polar surface area (TPSA) is 91.0 Å². The predicted molar refractivity (Wildman–Crippen MR) is 140 cm³/mol. The van der Waals surface area contributed by atoms with Gasteiger partial charge in [0, 0.05) is 23.9 Å². The smallest absolute Gasteiger partial charge is 0.333 e. The molecular formula is C28H36N2O5. The average molecular weight is 481 g/mol. The Bertz CT molecular complexity index is 952. The van der Waals surface area contributed by atoms with Gasteiger partial charge in [-0.15, -0.1) is 0 Å². The van der Waals surface area contributed by atoms with Crippen LogP contribution in [0.4, 0.5) is 11.4 Å². The second-order valence-corrected chi connectivity index (χ2v) is 8.55. The van der Waals surface area contributed by atoms with Gasteiger partial charge < -0.3 is 9.47 Å². The molecule has 0 bridgehead atoms. The van der Waals surface area contributed by atoms with Gasteiger partial charge in [0.15, 0.2) is 0 Å². The van der Waals surface area contributed by atoms with Crippen LogP contribution < -0.4 is 4.74 Å². The molecule has 0 aliphatic rings. The van der Waals surface area contributed by atoms with Gasteiger partial charge in [-0.05, 0) is 61.7 Å². The molecule has 0 unspecified atom stereocenters. The number of unbranched alkanes of at least 4 members (excludes halogenated alkanes) is 8. The number of nitrogens with zero attached hydrogens (tertiary/aromatic N) is 2. The molecule has 0 aromatic heterocycles. The molecule has 0 saturated carbocycles. The molecule has 0 N–H and O–H groups in total. The molecule has 0 spiro atoms. The number of non-ortho nitro benzene ring substituents is 1. The van der Waals surface area contributed by atoms with Crippen LogP contribution in [0.25, 0.3) is 0 Å². The Kier molecular flexibility index (Phi) is 12.8. The van der Waals surface area contributed by atoms with Crippen LogP contribution in [0.3, 0.4) is 0 Å². The fraction of sp³-hybridized carbons (Fsp3) is 0.429. The number of nitro benzene ring substituents is 1. The quantitative estimate of drug-likeness (QED) is 0.0589. The fourth-order valence-corrected chi connectivity index (χ4v) is 3.38. The van der Waals surface area contributed by atoms with Crippen LogP contribution in [-0.4, -0.2) is 30.3 Å². The van der Waals surface area contributed by atoms with Crippen molar-refractivity contribution < 1.29 is 19.2 Å². The van der Waals surface area contributed by atoms with E-state index in [0.717, 1.165) is 42.7 Å². The first-order chi connectivity index (χ1) is 17.0. The zero-order valence-corrected chi connectivity index (χ0v) is 20.6. The number of hydrogen-bond acceptors (Lipinski definition) is 6. The van der Waals surface area contributed by atoms with Crippen molar-refractivity contribution in [2.24, 2.45) is 4.99 Å². The number of ether oxygens (including phenoxy) is 2. The van der Waals surface area contributed by atoms with Crippen LogP contribution in [0.5, 0.6) is 5.75 Å². The van der Waals surface area contributed by atoms with Gasteiger partial charge in [0.05, 0.1) is 23.8 Å². The van der Waals surface area contributed by atoms with Gasteiger partial charge in [0.2, 0.25) is 0 Å². The van der Waals surface area contributed by atoms with Gasteiger partial charge in [0.25, 0.3) is 5.69 Å². The van der Waals surface area contributed by atoms with E-state index in [-0.39, 0.29) is 11.7 Å². The fourth-order valence-electron chi connectivity index (χ4n) is 3.38. The molecule has 0 saturated heterocycles. The standard InChI is InChI=1S/C28H36N2O5/c1-23(2)28(31)35-21-11-9-7-5-3-4-6-8-10-20-34-27-18-14-25(15-19-27)29-22-24-12-16-26(17-13-24)30(32)33/h12-19,22H,1,3-11,20-21H2,2H3. The van der Waals surface area contributed by atoms with Crippen molar-refractivity contribution in [2.75, 3.05) is 13.2 Å². The lowest BCUT2D eigenvalue weighted by Gasteiger charge is -2.07. The van der Waals surface area contributed by atoms with Gasteiger partial charge in [-0.25, -0.2) is 4.79 Å². The minimum Gasteiger partial charge on any atom is -0.494 e. The summed E-state index contributed by atoms with van der Waals surface area (Å²) in [5.74, 6) is 0.533. The molecule has 188 valence electrons. The number of rotatable bonds is 17. The van der Waals surface area contributed by atoms with Gasteiger partial charge in [0.1, 0.15) is 5.75 Å². The van der Waals surface area contributed by atoms with E-state index < -0.39 is 4.92 Å². The monoisotopic (exact) mass is 480 g/mol. The zero-order valence-electron chi connectivity index (χ0n) is 20.6. The third-order valence-corrected chi connectivity index (χ3v) is 5.44. The molecule has 2 rings (SSSR count). The van der Waals surface area contributed by atoms with Gasteiger partial charge in [-0.2, -0.15) is 0 Å². The number of hydrogen-bond donors (Lipinski definition) is 0. The Balaban J connectivity index is 1.48. The molecule has 2 aromatic rings. The van der Waals surface area contributed by atoms with Gasteiger partial charge in [-0.3, -0.25) is 15.1 Å². The highest BCUT2D eigenvalue weighted by atomic mass is 16.6. The highest BCUT2D eigenvalue weighted by molar-refractivity contribution is 5.86. The first-order valence-corrected chi connectivity index (χ1v) is 12.3. The van der Waals surface area contributed by atoms with Crippen molar-refractivity contribution in [2.45, 2.75) is 64.7 Å². The molecule has 0 aliphatic carbocycles. The maximum absolute atomic E-state index is 11.3. The van der Waals surface area contributed by atoms with E-state index in [1.54, 1.807) is 25.3 Å². The third-order valence-electron chi connectivity index (χ3n) is 5.44. The normalized spacial score (nSPS) is 10.9. The van der Waals surface area contributed by atoms with E-state index in [2.05, 4.69) is 11.6 Å². The number of aliphatic imine (C=N–C) groups is 1. The van der Waals surface area contributed by atoms with E-state index in [4.69, 9.17) is 9.47 Å². The Labute approximate surface area is 208 Å². The van der Waals surface area contributed by atoms with E-state index >= 15 is 0 Å². The molecule has 0 fully saturated rings. The van der Waals surface area contributed by atoms with Crippen LogP contribution in [0.2, 0.25) is 0 Å². The molecule has 0 atom stereocenters. The molecule has 0 amide bonds. The Morgan fingerprint density at radius 3 is 1.97 bits per heavy atom. The van der Waals surface area contributed by atoms with E-state index in [0.29, 0.717) is 18.8 Å². The Morgan fingerprint density at radius 2 is 1.43 bits per heavy atom. The molecule has 2 aromatic carbocycles. The zero-order chi connectivity index (χ0) is 25.3. The summed E-state index contributed by atoms with van der Waals surface area (Å²) in [4.78, 5) is 25.9. The molecular weight excluding hydrogens is 444 g/mol. The number of carbonyl (C=O) groups is 1. The average Bonchev–Trinajstić information content (AvgIpc) is 2.86. The molecule has 35 heavy (non-hydrogen) atoms. The number of carbonyl (C=O) groups excluding carboxylic acids is 1. The molecule has 0 radical (unpaired) electrons. The highest BCUT2D eigenvalue weighted by Gasteiger charge is 2.03. The van der Waals surface area contributed by atoms with Crippen molar-refractivity contribution in [3.63, 3.8) is 0 Å². The van der Waals surface area contributed by atoms with Crippen molar-refractivity contribution >= 4 is 23.6 Å². The summed E-state index contributed by atoms with van der Waals surface area (Å²) in [5, 5.41) is 10.7. The second-order valence-electron chi connectivity index (χ2n) is 8.55. The summed E-state index contributed by atoms with van der Waals surface area (Å²) < 4.78 is 10.9. The largest absolute Gasteiger partial charge is 0.494 e. The first-order valence-electron chi connectivity index (χ1n) is 12.3. The predicted octanol–water partition coefficient (Wildman–Crippen LogP) is 7.35. The summed E-state index contributed by atoms with van der Waals surface area (Å²) in [5.41, 5.74) is 2.12. The lowest BCUT2D eigenvalue weighted by atomic mass is 10.1. The van der Waals surface area contributed by atoms with Crippen LogP contribution in [0.15, 0.2) is 65.7 Å². The molecule has 7 heteroatoms. The Hall–Kier alpha value is -3.48. The minimum atomic E-state index is -0.418. The second kappa shape index (κ2) is 16.2. The Morgan fingerprint density at radius 1 is 0.886 bits per heavy atom. The number of nitro groups is 1. The van der Waals surface area contributed by atoms with Crippen molar-refractivity contribution in [1.82, 2.24) is 0 Å². The summed E-state index contributed by atoms with van der Waals surface area (Å²) >= 11 is 0. The summed E-state index contributed by atoms with van der Waals surface area (Å²) in [7, 11) is 0.